The molecule has 32 heavy (non-hydrogen) atoms. The van der Waals surface area contributed by atoms with E-state index in [1.165, 1.54) is 0 Å². The summed E-state index contributed by atoms with van der Waals surface area (Å²) in [6.45, 7) is 7.20. The highest BCUT2D eigenvalue weighted by Gasteiger charge is 2.24. The van der Waals surface area contributed by atoms with Crippen LogP contribution in [0.3, 0.4) is 0 Å². The maximum absolute atomic E-state index is 13.6. The number of nitrogens with zero attached hydrogens (tertiary/aromatic N) is 3. The van der Waals surface area contributed by atoms with Crippen molar-refractivity contribution >= 4 is 45.0 Å². The number of aromatic nitrogens is 1. The summed E-state index contributed by atoms with van der Waals surface area (Å²) in [6.07, 6.45) is 0.866. The van der Waals surface area contributed by atoms with Gasteiger partial charge in [0.15, 0.2) is 16.6 Å². The summed E-state index contributed by atoms with van der Waals surface area (Å²) in [7, 11) is 0. The molecule has 9 heteroatoms. The van der Waals surface area contributed by atoms with Crippen molar-refractivity contribution in [2.75, 3.05) is 51.1 Å². The third-order valence-corrected chi connectivity index (χ3v) is 6.71. The van der Waals surface area contributed by atoms with Gasteiger partial charge in [0.2, 0.25) is 6.79 Å². The van der Waals surface area contributed by atoms with Crippen molar-refractivity contribution in [3.8, 4) is 11.5 Å². The van der Waals surface area contributed by atoms with Crippen LogP contribution in [0.5, 0.6) is 11.5 Å². The number of halogens is 1. The van der Waals surface area contributed by atoms with Crippen molar-refractivity contribution in [3.63, 3.8) is 0 Å². The number of carbonyl (C=O) groups is 1. The molecule has 5 rings (SSSR count). The molecule has 1 fully saturated rings. The fourth-order valence-electron chi connectivity index (χ4n) is 3.94. The molecule has 7 nitrogen and oxygen atoms in total. The quantitative estimate of drug-likeness (QED) is 0.534. The first-order valence-electron chi connectivity index (χ1n) is 10.6. The molecule has 3 aromatic rings. The lowest BCUT2D eigenvalue weighted by Crippen LogP contribution is -2.39. The van der Waals surface area contributed by atoms with Gasteiger partial charge in [-0.15, -0.1) is 12.4 Å². The van der Waals surface area contributed by atoms with Crippen LogP contribution in [0, 0.1) is 6.92 Å². The molecule has 3 heterocycles. The minimum Gasteiger partial charge on any atom is -0.454 e. The van der Waals surface area contributed by atoms with Crippen LogP contribution in [-0.2, 0) is 4.74 Å². The molecule has 0 saturated carbocycles. The second kappa shape index (κ2) is 10.0. The van der Waals surface area contributed by atoms with Gasteiger partial charge in [-0.05, 0) is 43.2 Å². The number of fused-ring (bicyclic) bond motifs is 2. The highest BCUT2D eigenvalue weighted by molar-refractivity contribution is 7.22. The van der Waals surface area contributed by atoms with E-state index in [1.807, 2.05) is 24.0 Å². The van der Waals surface area contributed by atoms with Crippen molar-refractivity contribution in [1.82, 2.24) is 9.88 Å². The Labute approximate surface area is 197 Å². The zero-order valence-electron chi connectivity index (χ0n) is 17.9. The Morgan fingerprint density at radius 3 is 2.78 bits per heavy atom. The molecule has 0 N–H and O–H groups in total. The number of aryl methyl sites for hydroxylation is 1. The standard InChI is InChI=1S/C23H25N3O4S.ClH/c1-16-4-2-5-20-21(16)24-23(31-20)26(9-3-8-25-10-12-28-13-11-25)22(27)17-6-7-18-19(14-17)30-15-29-18;/h2,4-7,14H,3,8-13,15H2,1H3;1H. The van der Waals surface area contributed by atoms with Crippen LogP contribution in [0.4, 0.5) is 5.13 Å². The van der Waals surface area contributed by atoms with Gasteiger partial charge in [-0.3, -0.25) is 14.6 Å². The molecule has 1 amide bonds. The summed E-state index contributed by atoms with van der Waals surface area (Å²) in [5.41, 5.74) is 2.65. The van der Waals surface area contributed by atoms with E-state index in [4.69, 9.17) is 19.2 Å². The second-order valence-corrected chi connectivity index (χ2v) is 8.76. The van der Waals surface area contributed by atoms with Crippen molar-refractivity contribution in [3.05, 3.63) is 47.5 Å². The van der Waals surface area contributed by atoms with Crippen molar-refractivity contribution < 1.29 is 19.0 Å². The minimum absolute atomic E-state index is 0. The number of anilines is 1. The van der Waals surface area contributed by atoms with Crippen LogP contribution in [0.15, 0.2) is 36.4 Å². The van der Waals surface area contributed by atoms with Crippen molar-refractivity contribution in [1.29, 1.82) is 0 Å². The Morgan fingerprint density at radius 1 is 1.16 bits per heavy atom. The lowest BCUT2D eigenvalue weighted by molar-refractivity contribution is 0.0376. The van der Waals surface area contributed by atoms with Gasteiger partial charge in [0.05, 0.1) is 23.4 Å². The predicted octanol–water partition coefficient (Wildman–Crippen LogP) is 4.12. The van der Waals surface area contributed by atoms with Gasteiger partial charge in [0.1, 0.15) is 0 Å². The largest absolute Gasteiger partial charge is 0.454 e. The summed E-state index contributed by atoms with van der Waals surface area (Å²) in [5, 5.41) is 0.731. The number of carbonyl (C=O) groups excluding carboxylic acids is 1. The third-order valence-electron chi connectivity index (χ3n) is 5.66. The third kappa shape index (κ3) is 4.68. The predicted molar refractivity (Wildman–Crippen MR) is 128 cm³/mol. The van der Waals surface area contributed by atoms with Crippen LogP contribution in [-0.4, -0.2) is 62.0 Å². The molecule has 0 spiro atoms. The molecule has 0 radical (unpaired) electrons. The summed E-state index contributed by atoms with van der Waals surface area (Å²) in [6, 6.07) is 11.5. The average molecular weight is 476 g/mol. The first-order valence-corrected chi connectivity index (χ1v) is 11.4. The summed E-state index contributed by atoms with van der Waals surface area (Å²) < 4.78 is 17.4. The molecule has 2 aromatic carbocycles. The lowest BCUT2D eigenvalue weighted by Gasteiger charge is -2.27. The van der Waals surface area contributed by atoms with Gasteiger partial charge < -0.3 is 14.2 Å². The van der Waals surface area contributed by atoms with E-state index in [-0.39, 0.29) is 25.1 Å². The van der Waals surface area contributed by atoms with Gasteiger partial charge in [0.25, 0.3) is 5.91 Å². The van der Waals surface area contributed by atoms with Crippen molar-refractivity contribution in [2.45, 2.75) is 13.3 Å². The van der Waals surface area contributed by atoms with Gasteiger partial charge in [-0.2, -0.15) is 0 Å². The lowest BCUT2D eigenvalue weighted by atomic mass is 10.1. The first kappa shape index (κ1) is 22.8. The Bertz CT molecular complexity index is 1100. The molecule has 170 valence electrons. The summed E-state index contributed by atoms with van der Waals surface area (Å²) in [5.74, 6) is 1.21. The van der Waals surface area contributed by atoms with Gasteiger partial charge in [-0.1, -0.05) is 23.5 Å². The van der Waals surface area contributed by atoms with E-state index in [0.29, 0.717) is 23.6 Å². The zero-order chi connectivity index (χ0) is 21.2. The monoisotopic (exact) mass is 475 g/mol. The van der Waals surface area contributed by atoms with E-state index < -0.39 is 0 Å². The number of thiazole rings is 1. The number of morpholine rings is 1. The number of benzene rings is 2. The normalized spacial score (nSPS) is 15.5. The minimum atomic E-state index is -0.0722. The molecule has 0 aliphatic carbocycles. The van der Waals surface area contributed by atoms with Gasteiger partial charge >= 0.3 is 0 Å². The molecular weight excluding hydrogens is 450 g/mol. The fourth-order valence-corrected chi connectivity index (χ4v) is 5.00. The molecule has 1 saturated heterocycles. The van der Waals surface area contributed by atoms with E-state index in [2.05, 4.69) is 11.0 Å². The van der Waals surface area contributed by atoms with E-state index in [0.717, 1.165) is 60.2 Å². The van der Waals surface area contributed by atoms with Gasteiger partial charge in [0, 0.05) is 31.7 Å². The Morgan fingerprint density at radius 2 is 1.97 bits per heavy atom. The maximum atomic E-state index is 13.6. The molecule has 0 atom stereocenters. The Balaban J connectivity index is 0.00000245. The smallest absolute Gasteiger partial charge is 0.260 e. The van der Waals surface area contributed by atoms with Gasteiger partial charge in [-0.25, -0.2) is 4.98 Å². The first-order chi connectivity index (χ1) is 15.2. The number of para-hydroxylation sites is 1. The Hall–Kier alpha value is -2.39. The van der Waals surface area contributed by atoms with Crippen LogP contribution in [0.2, 0.25) is 0 Å². The maximum Gasteiger partial charge on any atom is 0.260 e. The van der Waals surface area contributed by atoms with Crippen molar-refractivity contribution in [2.24, 2.45) is 0 Å². The molecule has 2 aliphatic heterocycles. The fraction of sp³-hybridized carbons (Fsp3) is 0.391. The summed E-state index contributed by atoms with van der Waals surface area (Å²) in [4.78, 5) is 22.6. The Kier molecular flexibility index (Phi) is 7.15. The van der Waals surface area contributed by atoms with E-state index in [9.17, 15) is 4.79 Å². The SMILES string of the molecule is Cc1cccc2sc(N(CCCN3CCOCC3)C(=O)c3ccc4c(c3)OCO4)nc12.Cl. The summed E-state index contributed by atoms with van der Waals surface area (Å²) >= 11 is 1.56. The molecular formula is C23H26ClN3O4S. The number of rotatable bonds is 6. The zero-order valence-corrected chi connectivity index (χ0v) is 19.5. The molecule has 2 aliphatic rings. The molecule has 1 aromatic heterocycles. The molecule has 0 unspecified atom stereocenters. The highest BCUT2D eigenvalue weighted by atomic mass is 35.5. The van der Waals surface area contributed by atoms with Crippen LogP contribution in [0.25, 0.3) is 10.2 Å². The average Bonchev–Trinajstić information content (AvgIpc) is 3.44. The highest BCUT2D eigenvalue weighted by Crippen LogP contribution is 2.35. The second-order valence-electron chi connectivity index (χ2n) is 7.75. The van der Waals surface area contributed by atoms with Crippen LogP contribution >= 0.6 is 23.7 Å². The topological polar surface area (TPSA) is 64.1 Å². The van der Waals surface area contributed by atoms with Crippen LogP contribution in [0.1, 0.15) is 22.3 Å². The number of hydrogen-bond acceptors (Lipinski definition) is 7. The van der Waals surface area contributed by atoms with E-state index in [1.54, 1.807) is 29.5 Å². The number of ether oxygens (including phenoxy) is 3. The number of hydrogen-bond donors (Lipinski definition) is 0. The van der Waals surface area contributed by atoms with E-state index >= 15 is 0 Å². The molecule has 0 bridgehead atoms. The number of amides is 1. The van der Waals surface area contributed by atoms with Crippen LogP contribution < -0.4 is 14.4 Å².